The molecule has 0 unspecified atom stereocenters. The molecule has 2 rings (SSSR count). The van der Waals surface area contributed by atoms with Crippen LogP contribution in [0.5, 0.6) is 0 Å². The number of aromatic nitrogens is 4. The van der Waals surface area contributed by atoms with Gasteiger partial charge in [-0.25, -0.2) is 9.97 Å². The van der Waals surface area contributed by atoms with E-state index >= 15 is 0 Å². The lowest BCUT2D eigenvalue weighted by molar-refractivity contribution is 0.0278. The fraction of sp³-hybridized carbons (Fsp3) is 0.333. The highest BCUT2D eigenvalue weighted by Gasteiger charge is 2.17. The van der Waals surface area contributed by atoms with E-state index in [0.717, 1.165) is 0 Å². The fourth-order valence-electron chi connectivity index (χ4n) is 1.34. The second-order valence-electron chi connectivity index (χ2n) is 3.60. The largest absolute Gasteiger partial charge is 0.390 e. The van der Waals surface area contributed by atoms with Crippen LogP contribution in [0.2, 0.25) is 0 Å². The molecular weight excluding hydrogens is 226 g/mol. The number of H-pyrrole nitrogens is 1. The number of nitrogens with one attached hydrogen (secondary N) is 1. The molecule has 90 valence electrons. The number of aliphatic hydroxyl groups excluding tert-OH is 2. The molecule has 0 aliphatic heterocycles. The van der Waals surface area contributed by atoms with E-state index in [1.807, 2.05) is 0 Å². The summed E-state index contributed by atoms with van der Waals surface area (Å²) >= 11 is 0. The van der Waals surface area contributed by atoms with Gasteiger partial charge in [-0.15, -0.1) is 0 Å². The minimum Gasteiger partial charge on any atom is -0.390 e. The Morgan fingerprint density at radius 3 is 2.76 bits per heavy atom. The van der Waals surface area contributed by atoms with Crippen LogP contribution in [-0.2, 0) is 0 Å². The lowest BCUT2D eigenvalue weighted by atomic mass is 10.2. The molecule has 2 aromatic rings. The normalized spacial score (nSPS) is 14.8. The summed E-state index contributed by atoms with van der Waals surface area (Å²) in [4.78, 5) is 25.3. The van der Waals surface area contributed by atoms with Gasteiger partial charge in [0.15, 0.2) is 11.2 Å². The van der Waals surface area contributed by atoms with Gasteiger partial charge in [0.05, 0.1) is 18.0 Å². The average molecular weight is 237 g/mol. The molecule has 0 aromatic carbocycles. The molecule has 0 spiro atoms. The third-order valence-electron chi connectivity index (χ3n) is 2.22. The lowest BCUT2D eigenvalue weighted by Crippen LogP contribution is -2.18. The van der Waals surface area contributed by atoms with Crippen LogP contribution in [-0.4, -0.2) is 36.3 Å². The molecule has 5 N–H and O–H groups in total. The molecule has 8 heteroatoms. The zero-order valence-electron chi connectivity index (χ0n) is 8.95. The first-order valence-corrected chi connectivity index (χ1v) is 4.87. The second kappa shape index (κ2) is 4.07. The number of hydrogen-bond donors (Lipinski definition) is 4. The Balaban J connectivity index is 2.62. The van der Waals surface area contributed by atoms with Crippen LogP contribution >= 0.6 is 0 Å². The van der Waals surface area contributed by atoms with Crippen molar-refractivity contribution in [3.05, 3.63) is 22.2 Å². The fourth-order valence-corrected chi connectivity index (χ4v) is 1.34. The van der Waals surface area contributed by atoms with Crippen LogP contribution in [0, 0.1) is 0 Å². The number of fused-ring (bicyclic) bond motifs is 1. The highest BCUT2D eigenvalue weighted by atomic mass is 16.3. The number of nitrogens with zero attached hydrogens (tertiary/aromatic N) is 3. The second-order valence-corrected chi connectivity index (χ2v) is 3.60. The minimum atomic E-state index is -1.19. The first-order chi connectivity index (χ1) is 7.99. The van der Waals surface area contributed by atoms with Crippen molar-refractivity contribution >= 4 is 17.1 Å². The van der Waals surface area contributed by atoms with Crippen LogP contribution in [0.1, 0.15) is 18.7 Å². The van der Waals surface area contributed by atoms with E-state index in [9.17, 15) is 15.0 Å². The molecule has 2 heterocycles. The molecule has 0 aliphatic rings. The predicted octanol–water partition coefficient (Wildman–Crippen LogP) is -1.29. The Bertz CT molecular complexity index is 609. The van der Waals surface area contributed by atoms with E-state index in [1.54, 1.807) is 0 Å². The molecule has 2 aromatic heterocycles. The molecular formula is C9H11N5O3. The number of nitrogen functional groups attached to an aromatic ring is 1. The quantitative estimate of drug-likeness (QED) is 0.509. The Labute approximate surface area is 95.2 Å². The van der Waals surface area contributed by atoms with Crippen LogP contribution in [0.4, 0.5) is 5.95 Å². The van der Waals surface area contributed by atoms with Gasteiger partial charge in [0, 0.05) is 0 Å². The predicted molar refractivity (Wildman–Crippen MR) is 59.0 cm³/mol. The van der Waals surface area contributed by atoms with Gasteiger partial charge in [0.25, 0.3) is 5.56 Å². The van der Waals surface area contributed by atoms with E-state index in [1.165, 1.54) is 13.1 Å². The van der Waals surface area contributed by atoms with Gasteiger partial charge in [-0.3, -0.25) is 9.78 Å². The van der Waals surface area contributed by atoms with Crippen molar-refractivity contribution in [2.45, 2.75) is 19.1 Å². The summed E-state index contributed by atoms with van der Waals surface area (Å²) in [6.45, 7) is 1.41. The smallest absolute Gasteiger partial charge is 0.280 e. The zero-order valence-corrected chi connectivity index (χ0v) is 8.95. The Hall–Kier alpha value is -2.06. The summed E-state index contributed by atoms with van der Waals surface area (Å²) in [6, 6.07) is 0. The molecule has 0 fully saturated rings. The van der Waals surface area contributed by atoms with Crippen LogP contribution in [0.3, 0.4) is 0 Å². The van der Waals surface area contributed by atoms with Gasteiger partial charge in [0.1, 0.15) is 6.10 Å². The van der Waals surface area contributed by atoms with Gasteiger partial charge < -0.3 is 15.9 Å². The maximum absolute atomic E-state index is 11.4. The number of aliphatic hydroxyl groups is 2. The highest BCUT2D eigenvalue weighted by molar-refractivity contribution is 5.69. The first kappa shape index (κ1) is 11.4. The Morgan fingerprint density at radius 1 is 1.41 bits per heavy atom. The first-order valence-electron chi connectivity index (χ1n) is 4.87. The van der Waals surface area contributed by atoms with Crippen molar-refractivity contribution in [3.8, 4) is 0 Å². The number of nitrogens with two attached hydrogens (primary N) is 1. The van der Waals surface area contributed by atoms with E-state index in [2.05, 4.69) is 19.9 Å². The molecule has 8 nitrogen and oxygen atoms in total. The van der Waals surface area contributed by atoms with Gasteiger partial charge in [-0.05, 0) is 6.92 Å². The molecule has 2 atom stereocenters. The lowest BCUT2D eigenvalue weighted by Gasteiger charge is -2.12. The summed E-state index contributed by atoms with van der Waals surface area (Å²) in [5.41, 5.74) is 5.05. The molecule has 17 heavy (non-hydrogen) atoms. The summed E-state index contributed by atoms with van der Waals surface area (Å²) in [7, 11) is 0. The van der Waals surface area contributed by atoms with Gasteiger partial charge >= 0.3 is 0 Å². The van der Waals surface area contributed by atoms with Gasteiger partial charge in [-0.1, -0.05) is 0 Å². The maximum Gasteiger partial charge on any atom is 0.280 e. The van der Waals surface area contributed by atoms with Crippen molar-refractivity contribution in [1.82, 2.24) is 19.9 Å². The van der Waals surface area contributed by atoms with E-state index in [-0.39, 0.29) is 22.8 Å². The molecule has 0 radical (unpaired) electrons. The van der Waals surface area contributed by atoms with Crippen LogP contribution in [0.25, 0.3) is 11.2 Å². The Kier molecular flexibility index (Phi) is 2.74. The molecule has 0 saturated carbocycles. The molecule has 0 saturated heterocycles. The van der Waals surface area contributed by atoms with Gasteiger partial charge in [0.2, 0.25) is 5.95 Å². The summed E-state index contributed by atoms with van der Waals surface area (Å²) in [5.74, 6) is -0.0829. The molecule has 0 amide bonds. The van der Waals surface area contributed by atoms with E-state index in [0.29, 0.717) is 0 Å². The monoisotopic (exact) mass is 237 g/mol. The number of aromatic amines is 1. The maximum atomic E-state index is 11.4. The topological polar surface area (TPSA) is 138 Å². The SMILES string of the molecule is C[C@@H](O)[C@H](O)c1cnc2c(=O)[nH]c(N)nc2n1. The van der Waals surface area contributed by atoms with Crippen LogP contribution < -0.4 is 11.3 Å². The minimum absolute atomic E-state index is 0.0285. The van der Waals surface area contributed by atoms with E-state index < -0.39 is 17.8 Å². The average Bonchev–Trinajstić information content (AvgIpc) is 2.26. The zero-order chi connectivity index (χ0) is 12.6. The summed E-state index contributed by atoms with van der Waals surface area (Å²) in [6.07, 6.45) is -0.970. The third-order valence-corrected chi connectivity index (χ3v) is 2.22. The number of anilines is 1. The summed E-state index contributed by atoms with van der Waals surface area (Å²) < 4.78 is 0. The molecule has 0 bridgehead atoms. The summed E-state index contributed by atoms with van der Waals surface area (Å²) in [5, 5.41) is 18.8. The van der Waals surface area contributed by atoms with Crippen molar-refractivity contribution in [3.63, 3.8) is 0 Å². The molecule has 0 aliphatic carbocycles. The van der Waals surface area contributed by atoms with Crippen molar-refractivity contribution in [2.24, 2.45) is 0 Å². The van der Waals surface area contributed by atoms with Crippen molar-refractivity contribution in [2.75, 3.05) is 5.73 Å². The standard InChI is InChI=1S/C9H11N5O3/c1-3(15)6(16)4-2-11-5-7(12-4)13-9(10)14-8(5)17/h2-3,6,15-16H,1H3,(H3,10,12,13,14,17)/t3-,6+/m1/s1. The Morgan fingerprint density at radius 2 is 2.12 bits per heavy atom. The van der Waals surface area contributed by atoms with Gasteiger partial charge in [-0.2, -0.15) is 4.98 Å². The van der Waals surface area contributed by atoms with Crippen LogP contribution in [0.15, 0.2) is 11.0 Å². The third kappa shape index (κ3) is 2.08. The van der Waals surface area contributed by atoms with Crippen molar-refractivity contribution < 1.29 is 10.2 Å². The van der Waals surface area contributed by atoms with E-state index in [4.69, 9.17) is 5.73 Å². The number of hydrogen-bond acceptors (Lipinski definition) is 7. The van der Waals surface area contributed by atoms with Crippen molar-refractivity contribution in [1.29, 1.82) is 0 Å². The highest BCUT2D eigenvalue weighted by Crippen LogP contribution is 2.14. The number of rotatable bonds is 2.